The number of para-hydroxylation sites is 1. The first-order valence-corrected chi connectivity index (χ1v) is 8.24. The summed E-state index contributed by atoms with van der Waals surface area (Å²) in [6.07, 6.45) is 1.66. The summed E-state index contributed by atoms with van der Waals surface area (Å²) in [5.41, 5.74) is 2.30. The van der Waals surface area contributed by atoms with Gasteiger partial charge >= 0.3 is 0 Å². The monoisotopic (exact) mass is 381 g/mol. The lowest BCUT2D eigenvalue weighted by molar-refractivity contribution is 0.102. The number of carbonyl (C=O) groups is 1. The van der Waals surface area contributed by atoms with Crippen LogP contribution in [0.1, 0.15) is 10.4 Å². The summed E-state index contributed by atoms with van der Waals surface area (Å²) in [7, 11) is 1.96. The minimum Gasteiger partial charge on any atom is -0.329 e. The average molecular weight is 382 g/mol. The average Bonchev–Trinajstić information content (AvgIpc) is 2.62. The fraction of sp³-hybridized carbons (Fsp3) is 0.0526. The molecule has 0 saturated heterocycles. The molecule has 1 heterocycles. The third kappa shape index (κ3) is 3.81. The maximum atomic E-state index is 12.2. The number of pyridine rings is 1. The predicted octanol–water partition coefficient (Wildman–Crippen LogP) is 4.86. The predicted molar refractivity (Wildman–Crippen MR) is 101 cm³/mol. The van der Waals surface area contributed by atoms with E-state index in [1.54, 1.807) is 18.3 Å². The van der Waals surface area contributed by atoms with Gasteiger partial charge in [-0.15, -0.1) is 0 Å². The maximum absolute atomic E-state index is 12.2. The Morgan fingerprint density at radius 3 is 2.50 bits per heavy atom. The van der Waals surface area contributed by atoms with Crippen LogP contribution in [0.4, 0.5) is 17.2 Å². The Labute approximate surface area is 149 Å². The van der Waals surface area contributed by atoms with E-state index in [4.69, 9.17) is 0 Å². The lowest BCUT2D eigenvalue weighted by atomic mass is 10.2. The highest BCUT2D eigenvalue weighted by Crippen LogP contribution is 2.22. The molecule has 0 fully saturated rings. The standard InChI is InChI=1S/C19H16BrN3O/c1-23(17-8-3-2-4-9-17)18-11-10-16(13-21-18)22-19(24)14-6-5-7-15(20)12-14/h2-13H,1H3,(H,22,24). The first-order valence-electron chi connectivity index (χ1n) is 7.45. The van der Waals surface area contributed by atoms with Gasteiger partial charge in [-0.05, 0) is 42.5 Å². The summed E-state index contributed by atoms with van der Waals surface area (Å²) in [5, 5.41) is 2.85. The fourth-order valence-corrected chi connectivity index (χ4v) is 2.67. The van der Waals surface area contributed by atoms with Gasteiger partial charge in [0.2, 0.25) is 0 Å². The molecule has 0 saturated carbocycles. The summed E-state index contributed by atoms with van der Waals surface area (Å²) >= 11 is 3.37. The molecule has 1 N–H and O–H groups in total. The van der Waals surface area contributed by atoms with Gasteiger partial charge in [0.1, 0.15) is 5.82 Å². The molecule has 24 heavy (non-hydrogen) atoms. The minimum atomic E-state index is -0.165. The molecule has 0 atom stereocenters. The van der Waals surface area contributed by atoms with E-state index in [-0.39, 0.29) is 5.91 Å². The Kier molecular flexibility index (Phi) is 4.91. The molecule has 2 aromatic carbocycles. The van der Waals surface area contributed by atoms with Gasteiger partial charge in [0.05, 0.1) is 11.9 Å². The minimum absolute atomic E-state index is 0.165. The van der Waals surface area contributed by atoms with Gasteiger partial charge in [0, 0.05) is 22.8 Å². The van der Waals surface area contributed by atoms with Gasteiger partial charge in [0.25, 0.3) is 5.91 Å². The molecule has 0 aliphatic heterocycles. The van der Waals surface area contributed by atoms with E-state index in [9.17, 15) is 4.79 Å². The van der Waals surface area contributed by atoms with Crippen LogP contribution in [0.5, 0.6) is 0 Å². The van der Waals surface area contributed by atoms with Crippen molar-refractivity contribution in [1.82, 2.24) is 4.98 Å². The molecule has 0 aliphatic carbocycles. The van der Waals surface area contributed by atoms with E-state index in [0.29, 0.717) is 11.3 Å². The van der Waals surface area contributed by atoms with Crippen molar-refractivity contribution >= 4 is 39.0 Å². The van der Waals surface area contributed by atoms with Gasteiger partial charge < -0.3 is 10.2 Å². The Morgan fingerprint density at radius 1 is 1.04 bits per heavy atom. The number of benzene rings is 2. The Balaban J connectivity index is 1.72. The number of halogens is 1. The van der Waals surface area contributed by atoms with Crippen molar-refractivity contribution in [3.05, 3.63) is 83.0 Å². The first kappa shape index (κ1) is 16.2. The van der Waals surface area contributed by atoms with Crippen LogP contribution in [0.3, 0.4) is 0 Å². The molecule has 0 unspecified atom stereocenters. The Bertz CT molecular complexity index is 835. The van der Waals surface area contributed by atoms with Crippen LogP contribution in [0.15, 0.2) is 77.4 Å². The molecule has 1 aromatic heterocycles. The summed E-state index contributed by atoms with van der Waals surface area (Å²) in [5.74, 6) is 0.643. The van der Waals surface area contributed by atoms with Crippen LogP contribution in [-0.4, -0.2) is 17.9 Å². The SMILES string of the molecule is CN(c1ccccc1)c1ccc(NC(=O)c2cccc(Br)c2)cn1. The Hall–Kier alpha value is -2.66. The molecule has 0 spiro atoms. The molecule has 0 radical (unpaired) electrons. The van der Waals surface area contributed by atoms with Crippen LogP contribution >= 0.6 is 15.9 Å². The van der Waals surface area contributed by atoms with Gasteiger partial charge in [0.15, 0.2) is 0 Å². The van der Waals surface area contributed by atoms with Crippen molar-refractivity contribution < 1.29 is 4.79 Å². The molecule has 3 rings (SSSR count). The van der Waals surface area contributed by atoms with Crippen molar-refractivity contribution in [1.29, 1.82) is 0 Å². The Morgan fingerprint density at radius 2 is 1.83 bits per heavy atom. The van der Waals surface area contributed by atoms with Crippen molar-refractivity contribution in [3.8, 4) is 0 Å². The number of carbonyl (C=O) groups excluding carboxylic acids is 1. The molecular weight excluding hydrogens is 366 g/mol. The third-order valence-corrected chi connectivity index (χ3v) is 4.07. The van der Waals surface area contributed by atoms with E-state index < -0.39 is 0 Å². The van der Waals surface area contributed by atoms with Crippen LogP contribution in [0.2, 0.25) is 0 Å². The molecule has 3 aromatic rings. The lowest BCUT2D eigenvalue weighted by Gasteiger charge is -2.18. The van der Waals surface area contributed by atoms with Crippen molar-refractivity contribution in [2.75, 3.05) is 17.3 Å². The third-order valence-electron chi connectivity index (χ3n) is 3.58. The largest absolute Gasteiger partial charge is 0.329 e. The number of aromatic nitrogens is 1. The normalized spacial score (nSPS) is 10.2. The smallest absolute Gasteiger partial charge is 0.255 e. The van der Waals surface area contributed by atoms with Gasteiger partial charge in [-0.2, -0.15) is 0 Å². The topological polar surface area (TPSA) is 45.2 Å². The first-order chi connectivity index (χ1) is 11.6. The van der Waals surface area contributed by atoms with Gasteiger partial charge in [-0.3, -0.25) is 4.79 Å². The number of amides is 1. The van der Waals surface area contributed by atoms with Crippen LogP contribution in [-0.2, 0) is 0 Å². The molecule has 4 nitrogen and oxygen atoms in total. The van der Waals surface area contributed by atoms with E-state index in [2.05, 4.69) is 26.2 Å². The van der Waals surface area contributed by atoms with Crippen molar-refractivity contribution in [2.45, 2.75) is 0 Å². The number of anilines is 3. The number of nitrogens with zero attached hydrogens (tertiary/aromatic N) is 2. The molecular formula is C19H16BrN3O. The number of rotatable bonds is 4. The number of hydrogen-bond acceptors (Lipinski definition) is 3. The summed E-state index contributed by atoms with van der Waals surface area (Å²) in [6.45, 7) is 0. The van der Waals surface area contributed by atoms with Crippen LogP contribution in [0.25, 0.3) is 0 Å². The quantitative estimate of drug-likeness (QED) is 0.701. The second-order valence-corrected chi connectivity index (χ2v) is 6.18. The molecule has 5 heteroatoms. The zero-order valence-electron chi connectivity index (χ0n) is 13.1. The van der Waals surface area contributed by atoms with Crippen molar-refractivity contribution in [3.63, 3.8) is 0 Å². The number of hydrogen-bond donors (Lipinski definition) is 1. The highest BCUT2D eigenvalue weighted by Gasteiger charge is 2.08. The summed E-state index contributed by atoms with van der Waals surface area (Å²) in [6, 6.07) is 21.0. The maximum Gasteiger partial charge on any atom is 0.255 e. The summed E-state index contributed by atoms with van der Waals surface area (Å²) < 4.78 is 0.869. The lowest BCUT2D eigenvalue weighted by Crippen LogP contribution is -2.13. The summed E-state index contributed by atoms with van der Waals surface area (Å²) in [4.78, 5) is 18.6. The highest BCUT2D eigenvalue weighted by atomic mass is 79.9. The molecule has 0 bridgehead atoms. The van der Waals surface area contributed by atoms with Crippen molar-refractivity contribution in [2.24, 2.45) is 0 Å². The highest BCUT2D eigenvalue weighted by molar-refractivity contribution is 9.10. The second-order valence-electron chi connectivity index (χ2n) is 5.26. The fourth-order valence-electron chi connectivity index (χ4n) is 2.28. The van der Waals surface area contributed by atoms with E-state index in [0.717, 1.165) is 16.0 Å². The second kappa shape index (κ2) is 7.27. The van der Waals surface area contributed by atoms with Crippen LogP contribution < -0.4 is 10.2 Å². The number of nitrogens with one attached hydrogen (secondary N) is 1. The van der Waals surface area contributed by atoms with E-state index in [1.165, 1.54) is 0 Å². The molecule has 1 amide bonds. The molecule has 120 valence electrons. The van der Waals surface area contributed by atoms with Gasteiger partial charge in [-0.25, -0.2) is 4.98 Å². The van der Waals surface area contributed by atoms with E-state index in [1.807, 2.05) is 66.5 Å². The van der Waals surface area contributed by atoms with E-state index >= 15 is 0 Å². The zero-order chi connectivity index (χ0) is 16.9. The van der Waals surface area contributed by atoms with Crippen LogP contribution in [0, 0.1) is 0 Å². The zero-order valence-corrected chi connectivity index (χ0v) is 14.7. The van der Waals surface area contributed by atoms with Gasteiger partial charge in [-0.1, -0.05) is 40.2 Å². The molecule has 0 aliphatic rings.